The lowest BCUT2D eigenvalue weighted by Crippen LogP contribution is -2.29. The minimum absolute atomic E-state index is 0.0721. The van der Waals surface area contributed by atoms with Crippen LogP contribution in [0.3, 0.4) is 0 Å². The predicted octanol–water partition coefficient (Wildman–Crippen LogP) is 4.86. The van der Waals surface area contributed by atoms with Gasteiger partial charge in [0.25, 0.3) is 5.78 Å². The summed E-state index contributed by atoms with van der Waals surface area (Å²) in [7, 11) is 1.53. The number of pyridine rings is 1. The van der Waals surface area contributed by atoms with Gasteiger partial charge in [-0.25, -0.2) is 4.98 Å². The van der Waals surface area contributed by atoms with Crippen LogP contribution in [0.2, 0.25) is 0 Å². The number of amides is 1. The normalized spacial score (nSPS) is 17.0. The molecule has 1 amide bonds. The number of aromatic nitrogens is 4. The summed E-state index contributed by atoms with van der Waals surface area (Å²) in [6.45, 7) is 8.26. The lowest BCUT2D eigenvalue weighted by Gasteiger charge is -2.23. The molecule has 10 nitrogen and oxygen atoms in total. The van der Waals surface area contributed by atoms with Gasteiger partial charge in [-0.3, -0.25) is 18.9 Å². The maximum absolute atomic E-state index is 13.6. The third-order valence-corrected chi connectivity index (χ3v) is 7.39. The Morgan fingerprint density at radius 1 is 1.13 bits per heavy atom. The summed E-state index contributed by atoms with van der Waals surface area (Å²) in [5, 5.41) is 20.7. The number of hydrogen-bond donors (Lipinski definition) is 1. The van der Waals surface area contributed by atoms with Crippen LogP contribution in [-0.2, 0) is 9.59 Å². The van der Waals surface area contributed by atoms with Gasteiger partial charge in [-0.1, -0.05) is 37.3 Å². The van der Waals surface area contributed by atoms with E-state index in [9.17, 15) is 14.7 Å². The van der Waals surface area contributed by atoms with Crippen LogP contribution in [-0.4, -0.2) is 50.1 Å². The van der Waals surface area contributed by atoms with Crippen LogP contribution in [0.1, 0.15) is 48.3 Å². The molecule has 4 heterocycles. The maximum Gasteiger partial charge on any atom is 0.301 e. The molecule has 5 rings (SSSR count). The van der Waals surface area contributed by atoms with Crippen LogP contribution in [0.5, 0.6) is 11.5 Å². The summed E-state index contributed by atoms with van der Waals surface area (Å²) in [6, 6.07) is 9.68. The first-order valence-electron chi connectivity index (χ1n) is 12.6. The molecular weight excluding hydrogens is 518 g/mol. The first kappa shape index (κ1) is 26.4. The molecule has 1 N–H and O–H groups in total. The van der Waals surface area contributed by atoms with E-state index in [2.05, 4.69) is 29.0 Å². The second kappa shape index (κ2) is 10.5. The van der Waals surface area contributed by atoms with Crippen molar-refractivity contribution in [1.82, 2.24) is 19.6 Å². The summed E-state index contributed by atoms with van der Waals surface area (Å²) in [4.78, 5) is 32.8. The average molecular weight is 548 g/mol. The number of aliphatic hydroxyl groups is 1. The largest absolute Gasteiger partial charge is 0.505 e. The molecule has 3 aromatic heterocycles. The lowest BCUT2D eigenvalue weighted by molar-refractivity contribution is -0.132. The van der Waals surface area contributed by atoms with Gasteiger partial charge >= 0.3 is 5.91 Å². The van der Waals surface area contributed by atoms with Crippen molar-refractivity contribution < 1.29 is 24.2 Å². The Morgan fingerprint density at radius 3 is 2.62 bits per heavy atom. The van der Waals surface area contributed by atoms with Gasteiger partial charge in [0.2, 0.25) is 5.13 Å². The number of aliphatic hydroxyl groups excluding tert-OH is 1. The number of hydrogen-bond acceptors (Lipinski definition) is 9. The molecule has 0 aliphatic carbocycles. The Morgan fingerprint density at radius 2 is 1.92 bits per heavy atom. The second-order valence-corrected chi connectivity index (χ2v) is 10.8. The van der Waals surface area contributed by atoms with Gasteiger partial charge in [0, 0.05) is 6.20 Å². The van der Waals surface area contributed by atoms with Crippen molar-refractivity contribution in [3.05, 3.63) is 70.1 Å². The number of ether oxygens (including phenoxy) is 2. The predicted molar refractivity (Wildman–Crippen MR) is 147 cm³/mol. The number of ketones is 1. The van der Waals surface area contributed by atoms with E-state index in [-0.39, 0.29) is 16.5 Å². The van der Waals surface area contributed by atoms with E-state index < -0.39 is 17.7 Å². The number of rotatable bonds is 8. The van der Waals surface area contributed by atoms with Crippen molar-refractivity contribution >= 4 is 39.6 Å². The smallest absolute Gasteiger partial charge is 0.301 e. The zero-order valence-corrected chi connectivity index (χ0v) is 23.2. The van der Waals surface area contributed by atoms with Crippen LogP contribution in [0, 0.1) is 19.8 Å². The zero-order chi connectivity index (χ0) is 27.8. The quantitative estimate of drug-likeness (QED) is 0.189. The molecule has 4 aromatic rings. The minimum atomic E-state index is -0.982. The Labute approximate surface area is 229 Å². The number of methoxy groups -OCH3 is 1. The molecule has 1 aliphatic heterocycles. The highest BCUT2D eigenvalue weighted by Crippen LogP contribution is 2.45. The van der Waals surface area contributed by atoms with E-state index in [0.717, 1.165) is 6.42 Å². The summed E-state index contributed by atoms with van der Waals surface area (Å²) in [6.07, 6.45) is 2.62. The molecule has 0 bridgehead atoms. The van der Waals surface area contributed by atoms with Crippen molar-refractivity contribution in [3.8, 4) is 11.5 Å². The number of fused-ring (bicyclic) bond motifs is 1. The van der Waals surface area contributed by atoms with Gasteiger partial charge in [-0.15, -0.1) is 10.2 Å². The van der Waals surface area contributed by atoms with Crippen LogP contribution in [0.15, 0.2) is 48.2 Å². The molecule has 1 atom stereocenters. The number of Topliss-reactive ketones (excluding diaryl/α,β-unsaturated/α-hetero) is 1. The van der Waals surface area contributed by atoms with E-state index in [1.54, 1.807) is 54.8 Å². The molecule has 1 aromatic carbocycles. The Hall–Kier alpha value is -4.25. The molecule has 0 saturated carbocycles. The number of benzene rings is 1. The third kappa shape index (κ3) is 4.74. The first-order valence-corrected chi connectivity index (χ1v) is 13.4. The Balaban J connectivity index is 1.69. The minimum Gasteiger partial charge on any atom is -0.505 e. The summed E-state index contributed by atoms with van der Waals surface area (Å²) >= 11 is 1.19. The zero-order valence-electron chi connectivity index (χ0n) is 22.3. The highest BCUT2D eigenvalue weighted by molar-refractivity contribution is 7.15. The van der Waals surface area contributed by atoms with E-state index in [4.69, 9.17) is 9.47 Å². The second-order valence-electron chi connectivity index (χ2n) is 9.69. The molecule has 11 heteroatoms. The van der Waals surface area contributed by atoms with Gasteiger partial charge in [0.1, 0.15) is 16.3 Å². The van der Waals surface area contributed by atoms with Gasteiger partial charge in [0.15, 0.2) is 17.3 Å². The monoisotopic (exact) mass is 547 g/mol. The van der Waals surface area contributed by atoms with Crippen molar-refractivity contribution in [2.75, 3.05) is 18.6 Å². The average Bonchev–Trinajstić information content (AvgIpc) is 3.56. The molecule has 0 spiro atoms. The van der Waals surface area contributed by atoms with Crippen LogP contribution in [0.25, 0.3) is 11.4 Å². The molecule has 1 saturated heterocycles. The topological polar surface area (TPSA) is 119 Å². The molecule has 39 heavy (non-hydrogen) atoms. The van der Waals surface area contributed by atoms with Gasteiger partial charge in [-0.2, -0.15) is 0 Å². The van der Waals surface area contributed by atoms with Crippen molar-refractivity contribution in [2.24, 2.45) is 5.92 Å². The fraction of sp³-hybridized carbons (Fsp3) is 0.321. The number of imidazole rings is 1. The molecule has 0 radical (unpaired) electrons. The fourth-order valence-corrected chi connectivity index (χ4v) is 5.35. The Kier molecular flexibility index (Phi) is 7.09. The van der Waals surface area contributed by atoms with Crippen LogP contribution in [0.4, 0.5) is 5.13 Å². The number of carbonyl (C=O) groups excluding carboxylic acids is 2. The molecule has 1 fully saturated rings. The molecule has 202 valence electrons. The number of carbonyl (C=O) groups is 2. The summed E-state index contributed by atoms with van der Waals surface area (Å²) < 4.78 is 13.3. The number of aryl methyl sites for hydroxylation is 2. The van der Waals surface area contributed by atoms with E-state index in [1.807, 2.05) is 6.07 Å². The fourth-order valence-electron chi connectivity index (χ4n) is 4.63. The number of anilines is 1. The van der Waals surface area contributed by atoms with Gasteiger partial charge < -0.3 is 14.6 Å². The van der Waals surface area contributed by atoms with Crippen molar-refractivity contribution in [3.63, 3.8) is 0 Å². The highest BCUT2D eigenvalue weighted by atomic mass is 32.1. The standard InChI is InChI=1S/C28H29N5O5S/c1-15(2)11-13-38-19-10-9-18(14-20(19)37-5)24-22(26(35)27(36)33(24)28-31-30-17(4)39-28)25(34)23-16(3)29-21-8-6-7-12-32(21)23/h6-10,12,14-15,24,34H,11,13H2,1-5H3. The van der Waals surface area contributed by atoms with E-state index in [0.29, 0.717) is 51.6 Å². The van der Waals surface area contributed by atoms with Crippen LogP contribution >= 0.6 is 11.3 Å². The summed E-state index contributed by atoms with van der Waals surface area (Å²) in [5.74, 6) is -0.486. The number of nitrogens with zero attached hydrogens (tertiary/aromatic N) is 5. The molecular formula is C28H29N5O5S. The summed E-state index contributed by atoms with van der Waals surface area (Å²) in [5.41, 5.74) is 1.93. The van der Waals surface area contributed by atoms with Crippen molar-refractivity contribution in [2.45, 2.75) is 40.2 Å². The first-order chi connectivity index (χ1) is 18.7. The Bertz CT molecular complexity index is 1600. The third-order valence-electron chi connectivity index (χ3n) is 6.55. The molecule has 1 unspecified atom stereocenters. The van der Waals surface area contributed by atoms with Gasteiger partial charge in [-0.05, 0) is 56.0 Å². The van der Waals surface area contributed by atoms with Crippen molar-refractivity contribution in [1.29, 1.82) is 0 Å². The van der Waals surface area contributed by atoms with E-state index >= 15 is 0 Å². The SMILES string of the molecule is COc1cc(C2C(=C(O)c3c(C)nc4ccccn34)C(=O)C(=O)N2c2nnc(C)s2)ccc1OCCC(C)C. The highest BCUT2D eigenvalue weighted by Gasteiger charge is 2.49. The van der Waals surface area contributed by atoms with E-state index in [1.165, 1.54) is 23.3 Å². The maximum atomic E-state index is 13.6. The lowest BCUT2D eigenvalue weighted by atomic mass is 9.96. The molecule has 1 aliphatic rings. The van der Waals surface area contributed by atoms with Gasteiger partial charge in [0.05, 0.1) is 31.0 Å². The van der Waals surface area contributed by atoms with Crippen LogP contribution < -0.4 is 14.4 Å².